The van der Waals surface area contributed by atoms with Gasteiger partial charge >= 0.3 is 0 Å². The monoisotopic (exact) mass is 382 g/mol. The zero-order valence-corrected chi connectivity index (χ0v) is 15.9. The van der Waals surface area contributed by atoms with Crippen LogP contribution in [0.3, 0.4) is 0 Å². The van der Waals surface area contributed by atoms with E-state index in [9.17, 15) is 9.59 Å². The highest BCUT2D eigenvalue weighted by atomic mass is 32.1. The number of hydrogen-bond acceptors (Lipinski definition) is 4. The van der Waals surface area contributed by atoms with E-state index in [1.165, 1.54) is 6.08 Å². The first-order valence-corrected chi connectivity index (χ1v) is 10.1. The van der Waals surface area contributed by atoms with Crippen LogP contribution < -0.4 is 4.90 Å². The number of benzene rings is 1. The van der Waals surface area contributed by atoms with Gasteiger partial charge in [0.1, 0.15) is 6.10 Å². The molecule has 27 heavy (non-hydrogen) atoms. The molecule has 0 bridgehead atoms. The normalized spacial score (nSPS) is 19.5. The van der Waals surface area contributed by atoms with E-state index in [2.05, 4.69) is 12.0 Å². The molecular formula is C21H22N2O3S. The Morgan fingerprint density at radius 3 is 2.93 bits per heavy atom. The lowest BCUT2D eigenvalue weighted by Crippen LogP contribution is -2.42. The number of fused-ring (bicyclic) bond motifs is 1. The summed E-state index contributed by atoms with van der Waals surface area (Å²) in [7, 11) is 0. The molecule has 3 heterocycles. The average molecular weight is 382 g/mol. The first-order valence-electron chi connectivity index (χ1n) is 9.17. The van der Waals surface area contributed by atoms with Crippen LogP contribution in [0.2, 0.25) is 0 Å². The van der Waals surface area contributed by atoms with Gasteiger partial charge in [0, 0.05) is 24.3 Å². The van der Waals surface area contributed by atoms with Crippen molar-refractivity contribution >= 4 is 28.8 Å². The summed E-state index contributed by atoms with van der Waals surface area (Å²) in [5.74, 6) is -0.0738. The van der Waals surface area contributed by atoms with Gasteiger partial charge in [0.15, 0.2) is 0 Å². The third kappa shape index (κ3) is 3.55. The van der Waals surface area contributed by atoms with Crippen LogP contribution in [0.4, 0.5) is 5.69 Å². The van der Waals surface area contributed by atoms with Gasteiger partial charge in [0.2, 0.25) is 5.91 Å². The first-order chi connectivity index (χ1) is 13.2. The van der Waals surface area contributed by atoms with Crippen LogP contribution in [0.25, 0.3) is 0 Å². The third-order valence-corrected chi connectivity index (χ3v) is 5.86. The lowest BCUT2D eigenvalue weighted by Gasteiger charge is -2.33. The highest BCUT2D eigenvalue weighted by Gasteiger charge is 2.28. The summed E-state index contributed by atoms with van der Waals surface area (Å²) in [4.78, 5) is 28.7. The van der Waals surface area contributed by atoms with Gasteiger partial charge in [-0.2, -0.15) is 11.3 Å². The molecule has 1 aromatic heterocycles. The van der Waals surface area contributed by atoms with E-state index in [4.69, 9.17) is 4.74 Å². The Morgan fingerprint density at radius 2 is 2.15 bits per heavy atom. The first kappa shape index (κ1) is 17.9. The molecule has 2 aliphatic rings. The van der Waals surface area contributed by atoms with E-state index < -0.39 is 0 Å². The maximum atomic E-state index is 13.0. The maximum absolute atomic E-state index is 13.0. The second kappa shape index (κ2) is 7.66. The van der Waals surface area contributed by atoms with Gasteiger partial charge in [-0.05, 0) is 65.1 Å². The van der Waals surface area contributed by atoms with Gasteiger partial charge < -0.3 is 14.5 Å². The summed E-state index contributed by atoms with van der Waals surface area (Å²) in [6.07, 6.45) is 3.04. The van der Waals surface area contributed by atoms with Gasteiger partial charge in [0.25, 0.3) is 5.91 Å². The van der Waals surface area contributed by atoms with Crippen LogP contribution in [0.1, 0.15) is 34.0 Å². The van der Waals surface area contributed by atoms with Crippen molar-refractivity contribution in [3.05, 3.63) is 64.4 Å². The van der Waals surface area contributed by atoms with Crippen molar-refractivity contribution in [3.8, 4) is 0 Å². The van der Waals surface area contributed by atoms with Gasteiger partial charge in [-0.3, -0.25) is 9.59 Å². The minimum absolute atomic E-state index is 0.0218. The van der Waals surface area contributed by atoms with Crippen molar-refractivity contribution in [3.63, 3.8) is 0 Å². The standard InChI is InChI=1S/C21H22N2O3S/c1-2-20(24)23-8-3-4-15-12-16(5-6-18(15)23)21(25)22-9-10-26-19(13-22)17-7-11-27-14-17/h2,5-7,11-12,14,19H,1,3-4,8-10,13H2. The summed E-state index contributed by atoms with van der Waals surface area (Å²) in [5, 5.41) is 4.10. The molecule has 0 spiro atoms. The molecule has 1 unspecified atom stereocenters. The number of nitrogens with zero attached hydrogens (tertiary/aromatic N) is 2. The van der Waals surface area contributed by atoms with E-state index >= 15 is 0 Å². The maximum Gasteiger partial charge on any atom is 0.254 e. The largest absolute Gasteiger partial charge is 0.370 e. The Morgan fingerprint density at radius 1 is 1.26 bits per heavy atom. The molecule has 2 aromatic rings. The van der Waals surface area contributed by atoms with Crippen LogP contribution in [-0.2, 0) is 16.0 Å². The second-order valence-electron chi connectivity index (χ2n) is 6.81. The van der Waals surface area contributed by atoms with Crippen LogP contribution in [0.5, 0.6) is 0 Å². The fraction of sp³-hybridized carbons (Fsp3) is 0.333. The minimum Gasteiger partial charge on any atom is -0.370 e. The zero-order chi connectivity index (χ0) is 18.8. The van der Waals surface area contributed by atoms with Crippen molar-refractivity contribution in [2.75, 3.05) is 31.1 Å². The minimum atomic E-state index is -0.0955. The molecule has 1 atom stereocenters. The molecule has 6 heteroatoms. The van der Waals surface area contributed by atoms with Crippen molar-refractivity contribution in [1.82, 2.24) is 4.90 Å². The van der Waals surface area contributed by atoms with Gasteiger partial charge in [-0.25, -0.2) is 0 Å². The summed E-state index contributed by atoms with van der Waals surface area (Å²) < 4.78 is 5.84. The van der Waals surface area contributed by atoms with E-state index in [0.717, 1.165) is 29.7 Å². The number of aryl methyl sites for hydroxylation is 1. The van der Waals surface area contributed by atoms with Gasteiger partial charge in [-0.1, -0.05) is 6.58 Å². The highest BCUT2D eigenvalue weighted by Crippen LogP contribution is 2.30. The Hall–Kier alpha value is -2.44. The van der Waals surface area contributed by atoms with Crippen molar-refractivity contribution in [1.29, 1.82) is 0 Å². The number of carbonyl (C=O) groups is 2. The molecule has 2 amide bonds. The molecule has 0 N–H and O–H groups in total. The molecular weight excluding hydrogens is 360 g/mol. The second-order valence-corrected chi connectivity index (χ2v) is 7.59. The van der Waals surface area contributed by atoms with Gasteiger partial charge in [-0.15, -0.1) is 0 Å². The number of amides is 2. The lowest BCUT2D eigenvalue weighted by atomic mass is 9.98. The third-order valence-electron chi connectivity index (χ3n) is 5.15. The van der Waals surface area contributed by atoms with E-state index in [0.29, 0.717) is 31.8 Å². The highest BCUT2D eigenvalue weighted by molar-refractivity contribution is 7.07. The molecule has 2 aliphatic heterocycles. The average Bonchev–Trinajstić information content (AvgIpc) is 3.27. The van der Waals surface area contributed by atoms with Crippen LogP contribution in [-0.4, -0.2) is 43.0 Å². The topological polar surface area (TPSA) is 49.9 Å². The molecule has 4 rings (SSSR count). The molecule has 1 fully saturated rings. The van der Waals surface area contributed by atoms with E-state index in [1.807, 2.05) is 34.5 Å². The fourth-order valence-corrected chi connectivity index (χ4v) is 4.45. The molecule has 1 saturated heterocycles. The van der Waals surface area contributed by atoms with E-state index in [-0.39, 0.29) is 17.9 Å². The lowest BCUT2D eigenvalue weighted by molar-refractivity contribution is -0.114. The SMILES string of the molecule is C=CC(=O)N1CCCc2cc(C(=O)N3CCOC(c4ccsc4)C3)ccc21. The number of ether oxygens (including phenoxy) is 1. The van der Waals surface area contributed by atoms with Crippen molar-refractivity contribution in [2.45, 2.75) is 18.9 Å². The summed E-state index contributed by atoms with van der Waals surface area (Å²) in [5.41, 5.74) is 3.74. The number of morpholine rings is 1. The number of rotatable bonds is 3. The number of thiophene rings is 1. The molecule has 1 aromatic carbocycles. The molecule has 0 saturated carbocycles. The zero-order valence-electron chi connectivity index (χ0n) is 15.1. The smallest absolute Gasteiger partial charge is 0.254 e. The predicted molar refractivity (Wildman–Crippen MR) is 106 cm³/mol. The molecule has 5 nitrogen and oxygen atoms in total. The number of anilines is 1. The summed E-state index contributed by atoms with van der Waals surface area (Å²) >= 11 is 1.64. The predicted octanol–water partition coefficient (Wildman–Crippen LogP) is 3.43. The van der Waals surface area contributed by atoms with Crippen LogP contribution >= 0.6 is 11.3 Å². The summed E-state index contributed by atoms with van der Waals surface area (Å²) in [6, 6.07) is 7.70. The Kier molecular flexibility index (Phi) is 5.09. The van der Waals surface area contributed by atoms with Crippen molar-refractivity contribution < 1.29 is 14.3 Å². The Balaban J connectivity index is 1.54. The summed E-state index contributed by atoms with van der Waals surface area (Å²) in [6.45, 7) is 5.97. The number of carbonyl (C=O) groups excluding carboxylic acids is 2. The van der Waals surface area contributed by atoms with Crippen molar-refractivity contribution in [2.24, 2.45) is 0 Å². The molecule has 0 aliphatic carbocycles. The number of hydrogen-bond donors (Lipinski definition) is 0. The van der Waals surface area contributed by atoms with Crippen LogP contribution in [0, 0.1) is 0 Å². The molecule has 0 radical (unpaired) electrons. The van der Waals surface area contributed by atoms with Gasteiger partial charge in [0.05, 0.1) is 13.2 Å². The van der Waals surface area contributed by atoms with E-state index in [1.54, 1.807) is 16.2 Å². The molecule has 140 valence electrons. The quantitative estimate of drug-likeness (QED) is 0.764. The fourth-order valence-electron chi connectivity index (χ4n) is 3.75. The Labute approximate surface area is 162 Å². The van der Waals surface area contributed by atoms with Crippen LogP contribution in [0.15, 0.2) is 47.7 Å². The Bertz CT molecular complexity index is 862.